The Morgan fingerprint density at radius 3 is 3.00 bits per heavy atom. The minimum Gasteiger partial charge on any atom is -0.354 e. The molecule has 2 heterocycles. The number of benzene rings is 1. The SMILES string of the molecule is CC(=O)NC1CCN(c2nc(Cl)nc3ccccc23)C1. The first kappa shape index (κ1) is 13.1. The van der Waals surface area contributed by atoms with Crippen molar-refractivity contribution in [3.63, 3.8) is 0 Å². The Morgan fingerprint density at radius 1 is 1.40 bits per heavy atom. The molecule has 5 nitrogen and oxygen atoms in total. The molecule has 1 aliphatic heterocycles. The zero-order valence-corrected chi connectivity index (χ0v) is 11.9. The Morgan fingerprint density at radius 2 is 2.20 bits per heavy atom. The fraction of sp³-hybridized carbons (Fsp3) is 0.357. The number of halogens is 1. The number of para-hydroxylation sites is 1. The Labute approximate surface area is 122 Å². The molecule has 0 bridgehead atoms. The largest absolute Gasteiger partial charge is 0.354 e. The molecule has 1 atom stereocenters. The van der Waals surface area contributed by atoms with Crippen LogP contribution in [-0.4, -0.2) is 35.0 Å². The molecule has 1 unspecified atom stereocenters. The minimum absolute atomic E-state index is 0.00225. The van der Waals surface area contributed by atoms with Crippen LogP contribution in [0.5, 0.6) is 0 Å². The molecule has 2 aromatic rings. The van der Waals surface area contributed by atoms with Crippen LogP contribution in [0.2, 0.25) is 5.28 Å². The van der Waals surface area contributed by atoms with E-state index in [9.17, 15) is 4.79 Å². The molecule has 1 aliphatic rings. The van der Waals surface area contributed by atoms with Crippen LogP contribution < -0.4 is 10.2 Å². The van der Waals surface area contributed by atoms with Crippen LogP contribution >= 0.6 is 11.6 Å². The summed E-state index contributed by atoms with van der Waals surface area (Å²) in [6, 6.07) is 7.98. The van der Waals surface area contributed by atoms with Crippen molar-refractivity contribution in [2.75, 3.05) is 18.0 Å². The van der Waals surface area contributed by atoms with Crippen LogP contribution in [0.1, 0.15) is 13.3 Å². The number of nitrogens with zero attached hydrogens (tertiary/aromatic N) is 3. The lowest BCUT2D eigenvalue weighted by molar-refractivity contribution is -0.119. The summed E-state index contributed by atoms with van der Waals surface area (Å²) >= 11 is 6.00. The summed E-state index contributed by atoms with van der Waals surface area (Å²) < 4.78 is 0. The van der Waals surface area contributed by atoms with Gasteiger partial charge in [-0.15, -0.1) is 0 Å². The molecule has 3 rings (SSSR count). The zero-order chi connectivity index (χ0) is 14.1. The van der Waals surface area contributed by atoms with Gasteiger partial charge in [-0.1, -0.05) is 12.1 Å². The van der Waals surface area contributed by atoms with E-state index in [-0.39, 0.29) is 17.2 Å². The predicted octanol–water partition coefficient (Wildman–Crippen LogP) is 2.00. The van der Waals surface area contributed by atoms with E-state index in [2.05, 4.69) is 20.2 Å². The number of anilines is 1. The topological polar surface area (TPSA) is 58.1 Å². The molecule has 1 aromatic carbocycles. The molecule has 1 aromatic heterocycles. The predicted molar refractivity (Wildman–Crippen MR) is 79.0 cm³/mol. The first-order valence-corrected chi connectivity index (χ1v) is 6.95. The van der Waals surface area contributed by atoms with Crippen molar-refractivity contribution >= 4 is 34.2 Å². The van der Waals surface area contributed by atoms with Crippen molar-refractivity contribution in [2.24, 2.45) is 0 Å². The number of carbonyl (C=O) groups excluding carboxylic acids is 1. The number of nitrogens with one attached hydrogen (secondary N) is 1. The van der Waals surface area contributed by atoms with Gasteiger partial charge in [-0.3, -0.25) is 4.79 Å². The molecular formula is C14H15ClN4O. The minimum atomic E-state index is 0.00225. The lowest BCUT2D eigenvalue weighted by Gasteiger charge is -2.19. The number of aromatic nitrogens is 2. The van der Waals surface area contributed by atoms with E-state index in [0.29, 0.717) is 0 Å². The summed E-state index contributed by atoms with van der Waals surface area (Å²) in [4.78, 5) is 21.9. The average Bonchev–Trinajstić information content (AvgIpc) is 2.85. The van der Waals surface area contributed by atoms with Crippen molar-refractivity contribution in [1.82, 2.24) is 15.3 Å². The number of amides is 1. The van der Waals surface area contributed by atoms with Gasteiger partial charge in [0.1, 0.15) is 5.82 Å². The number of hydrogen-bond acceptors (Lipinski definition) is 4. The highest BCUT2D eigenvalue weighted by Gasteiger charge is 2.25. The van der Waals surface area contributed by atoms with E-state index in [1.54, 1.807) is 6.92 Å². The summed E-state index contributed by atoms with van der Waals surface area (Å²) in [6.07, 6.45) is 0.912. The molecule has 0 saturated carbocycles. The van der Waals surface area contributed by atoms with Crippen molar-refractivity contribution in [3.05, 3.63) is 29.5 Å². The Hall–Kier alpha value is -1.88. The third-order valence-corrected chi connectivity index (χ3v) is 3.62. The molecule has 0 spiro atoms. The second-order valence-corrected chi connectivity index (χ2v) is 5.30. The van der Waals surface area contributed by atoms with Crippen LogP contribution in [0.4, 0.5) is 5.82 Å². The molecule has 1 N–H and O–H groups in total. The fourth-order valence-electron chi connectivity index (χ4n) is 2.63. The quantitative estimate of drug-likeness (QED) is 0.860. The molecule has 1 amide bonds. The third-order valence-electron chi connectivity index (χ3n) is 3.45. The van der Waals surface area contributed by atoms with E-state index in [1.165, 1.54) is 0 Å². The maximum atomic E-state index is 11.1. The van der Waals surface area contributed by atoms with E-state index in [0.717, 1.165) is 36.2 Å². The Balaban J connectivity index is 1.93. The highest BCUT2D eigenvalue weighted by molar-refractivity contribution is 6.28. The van der Waals surface area contributed by atoms with Crippen molar-refractivity contribution < 1.29 is 4.79 Å². The van der Waals surface area contributed by atoms with E-state index in [4.69, 9.17) is 11.6 Å². The van der Waals surface area contributed by atoms with Crippen LogP contribution in [0.15, 0.2) is 24.3 Å². The fourth-order valence-corrected chi connectivity index (χ4v) is 2.80. The second kappa shape index (κ2) is 5.25. The van der Waals surface area contributed by atoms with Crippen molar-refractivity contribution in [2.45, 2.75) is 19.4 Å². The van der Waals surface area contributed by atoms with Crippen LogP contribution in [0.25, 0.3) is 10.9 Å². The highest BCUT2D eigenvalue weighted by Crippen LogP contribution is 2.27. The second-order valence-electron chi connectivity index (χ2n) is 4.97. The van der Waals surface area contributed by atoms with Crippen molar-refractivity contribution in [3.8, 4) is 0 Å². The number of fused-ring (bicyclic) bond motifs is 1. The normalized spacial score (nSPS) is 18.5. The molecular weight excluding hydrogens is 276 g/mol. The molecule has 20 heavy (non-hydrogen) atoms. The van der Waals surface area contributed by atoms with Gasteiger partial charge in [0, 0.05) is 31.4 Å². The maximum absolute atomic E-state index is 11.1. The number of hydrogen-bond donors (Lipinski definition) is 1. The number of rotatable bonds is 2. The summed E-state index contributed by atoms with van der Waals surface area (Å²) in [5.74, 6) is 0.843. The summed E-state index contributed by atoms with van der Waals surface area (Å²) in [5, 5.41) is 4.19. The van der Waals surface area contributed by atoms with Gasteiger partial charge < -0.3 is 10.2 Å². The summed E-state index contributed by atoms with van der Waals surface area (Å²) in [7, 11) is 0. The monoisotopic (exact) mass is 290 g/mol. The lowest BCUT2D eigenvalue weighted by atomic mass is 10.2. The molecule has 0 aliphatic carbocycles. The third kappa shape index (κ3) is 2.54. The summed E-state index contributed by atoms with van der Waals surface area (Å²) in [6.45, 7) is 3.14. The van der Waals surface area contributed by atoms with Crippen LogP contribution in [0, 0.1) is 0 Å². The molecule has 1 fully saturated rings. The van der Waals surface area contributed by atoms with Gasteiger partial charge in [0.2, 0.25) is 11.2 Å². The molecule has 0 radical (unpaired) electrons. The van der Waals surface area contributed by atoms with Gasteiger partial charge in [0.05, 0.1) is 5.52 Å². The molecule has 6 heteroatoms. The molecule has 1 saturated heterocycles. The Kier molecular flexibility index (Phi) is 3.44. The first-order chi connectivity index (χ1) is 9.63. The standard InChI is InChI=1S/C14H15ClN4O/c1-9(20)16-10-6-7-19(8-10)13-11-4-2-3-5-12(11)17-14(15)18-13/h2-5,10H,6-8H2,1H3,(H,16,20). The van der Waals surface area contributed by atoms with Gasteiger partial charge in [-0.25, -0.2) is 4.98 Å². The van der Waals surface area contributed by atoms with E-state index < -0.39 is 0 Å². The lowest BCUT2D eigenvalue weighted by Crippen LogP contribution is -2.35. The van der Waals surface area contributed by atoms with Gasteiger partial charge >= 0.3 is 0 Å². The van der Waals surface area contributed by atoms with Gasteiger partial charge in [0.25, 0.3) is 0 Å². The Bertz CT molecular complexity index is 661. The van der Waals surface area contributed by atoms with Gasteiger partial charge in [-0.05, 0) is 30.2 Å². The average molecular weight is 291 g/mol. The zero-order valence-electron chi connectivity index (χ0n) is 11.1. The maximum Gasteiger partial charge on any atom is 0.224 e. The van der Waals surface area contributed by atoms with Crippen LogP contribution in [0.3, 0.4) is 0 Å². The first-order valence-electron chi connectivity index (χ1n) is 6.58. The van der Waals surface area contributed by atoms with Crippen LogP contribution in [-0.2, 0) is 4.79 Å². The summed E-state index contributed by atoms with van der Waals surface area (Å²) in [5.41, 5.74) is 0.838. The van der Waals surface area contributed by atoms with Crippen molar-refractivity contribution in [1.29, 1.82) is 0 Å². The number of carbonyl (C=O) groups is 1. The highest BCUT2D eigenvalue weighted by atomic mass is 35.5. The van der Waals surface area contributed by atoms with Gasteiger partial charge in [0.15, 0.2) is 0 Å². The molecule has 104 valence electrons. The smallest absolute Gasteiger partial charge is 0.224 e. The van der Waals surface area contributed by atoms with E-state index >= 15 is 0 Å². The van der Waals surface area contributed by atoms with Gasteiger partial charge in [-0.2, -0.15) is 4.98 Å². The van der Waals surface area contributed by atoms with E-state index in [1.807, 2.05) is 24.3 Å².